The summed E-state index contributed by atoms with van der Waals surface area (Å²) in [5.74, 6) is 0.426. The lowest BCUT2D eigenvalue weighted by Crippen LogP contribution is -2.07. The lowest BCUT2D eigenvalue weighted by Gasteiger charge is -2.12. The minimum absolute atomic E-state index is 0.0833. The van der Waals surface area contributed by atoms with Gasteiger partial charge < -0.3 is 24.8 Å². The number of nitrogens with zero attached hydrogens (tertiary/aromatic N) is 7. The molecule has 274 valence electrons. The summed E-state index contributed by atoms with van der Waals surface area (Å²) >= 11 is 0. The van der Waals surface area contributed by atoms with Gasteiger partial charge in [-0.2, -0.15) is 26.3 Å². The highest BCUT2D eigenvalue weighted by atomic mass is 19.4. The number of rotatable bonds is 5. The summed E-state index contributed by atoms with van der Waals surface area (Å²) in [5.41, 5.74) is 8.58. The van der Waals surface area contributed by atoms with E-state index in [1.165, 1.54) is 35.4 Å². The zero-order valence-corrected chi connectivity index (χ0v) is 28.0. The van der Waals surface area contributed by atoms with Crippen molar-refractivity contribution in [2.24, 2.45) is 0 Å². The number of anilines is 1. The Morgan fingerprint density at radius 2 is 1.15 bits per heavy atom. The van der Waals surface area contributed by atoms with E-state index >= 15 is 0 Å². The number of aromatic nitrogens is 8. The minimum atomic E-state index is -4.57. The fraction of sp³-hybridized carbons (Fsp3) is 0.111. The Morgan fingerprint density at radius 3 is 1.57 bits per heavy atom. The molecule has 4 N–H and O–H groups in total. The number of hydrogen-bond donors (Lipinski definition) is 3. The summed E-state index contributed by atoms with van der Waals surface area (Å²) in [5, 5.41) is 11.2. The van der Waals surface area contributed by atoms with Crippen LogP contribution in [0.25, 0.3) is 56.2 Å². The van der Waals surface area contributed by atoms with Crippen molar-refractivity contribution in [1.82, 2.24) is 39.0 Å². The zero-order chi connectivity index (χ0) is 38.5. The van der Waals surface area contributed by atoms with E-state index in [2.05, 4.69) is 29.9 Å². The maximum atomic E-state index is 13.4. The zero-order valence-electron chi connectivity index (χ0n) is 28.0. The fourth-order valence-electron chi connectivity index (χ4n) is 5.74. The Kier molecular flexibility index (Phi) is 8.67. The predicted molar refractivity (Wildman–Crippen MR) is 188 cm³/mol. The van der Waals surface area contributed by atoms with Gasteiger partial charge in [0.2, 0.25) is 0 Å². The molecule has 8 rings (SSSR count). The molecule has 0 spiro atoms. The SMILES string of the molecule is Cc1cn(-c2cc(-c3nc4c(N)cccc4[nH]3)cc(C(F)(F)F)c2)cn1.Cc1cn(-c2cc(-c3nc4c([N+](=O)[O-])cccc4[nH]3)cc(C(F)(F)F)c2)cn1. The number of alkyl halides is 6. The third-order valence-electron chi connectivity index (χ3n) is 8.29. The van der Waals surface area contributed by atoms with Gasteiger partial charge in [-0.05, 0) is 68.4 Å². The van der Waals surface area contributed by atoms with Gasteiger partial charge in [0.05, 0.1) is 56.8 Å². The molecule has 4 aromatic heterocycles. The van der Waals surface area contributed by atoms with Crippen LogP contribution in [0.4, 0.5) is 37.7 Å². The number of para-hydroxylation sites is 2. The summed E-state index contributed by atoms with van der Waals surface area (Å²) < 4.78 is 83.4. The summed E-state index contributed by atoms with van der Waals surface area (Å²) in [6.45, 7) is 3.50. The standard InChI is InChI=1S/C18H12F3N5O2.C18H14F3N5/c1-10-8-25(9-22-10)13-6-11(5-12(7-13)18(19,20)21)17-23-14-3-2-4-15(26(27)28)16(14)24-17;1-10-8-26(9-23-10)13-6-11(5-12(7-13)18(19,20)21)17-24-15-4-2-3-14(22)16(15)25-17/h2-9H,1H3,(H,23,24);2-9H,22H2,1H3,(H,24,25). The van der Waals surface area contributed by atoms with Crippen LogP contribution >= 0.6 is 0 Å². The van der Waals surface area contributed by atoms with Gasteiger partial charge in [0.1, 0.15) is 17.2 Å². The molecule has 0 fully saturated rings. The topological polar surface area (TPSA) is 162 Å². The highest BCUT2D eigenvalue weighted by Gasteiger charge is 2.33. The smallest absolute Gasteiger partial charge is 0.397 e. The summed E-state index contributed by atoms with van der Waals surface area (Å²) in [4.78, 5) is 33.2. The molecular weight excluding hydrogens is 718 g/mol. The van der Waals surface area contributed by atoms with Gasteiger partial charge in [-0.1, -0.05) is 12.1 Å². The number of non-ortho nitro benzene ring substituents is 1. The number of aromatic amines is 2. The molecule has 4 heterocycles. The van der Waals surface area contributed by atoms with Gasteiger partial charge in [-0.3, -0.25) is 10.1 Å². The number of nitro groups is 1. The Morgan fingerprint density at radius 1 is 0.685 bits per heavy atom. The number of aryl methyl sites for hydroxylation is 2. The van der Waals surface area contributed by atoms with Crippen LogP contribution < -0.4 is 5.73 Å². The maximum absolute atomic E-state index is 13.4. The monoisotopic (exact) mass is 744 g/mol. The third kappa shape index (κ3) is 7.08. The first-order valence-electron chi connectivity index (χ1n) is 15.9. The highest BCUT2D eigenvalue weighted by molar-refractivity contribution is 5.89. The van der Waals surface area contributed by atoms with Crippen LogP contribution in [0.2, 0.25) is 0 Å². The molecule has 0 bridgehead atoms. The number of fused-ring (bicyclic) bond motifs is 2. The number of hydrogen-bond acceptors (Lipinski definition) is 7. The van der Waals surface area contributed by atoms with Crippen LogP contribution in [0.3, 0.4) is 0 Å². The summed E-state index contributed by atoms with van der Waals surface area (Å²) in [7, 11) is 0. The summed E-state index contributed by atoms with van der Waals surface area (Å²) in [6.07, 6.45) is -2.90. The van der Waals surface area contributed by atoms with Crippen LogP contribution in [0.1, 0.15) is 22.5 Å². The normalized spacial score (nSPS) is 11.9. The average Bonchev–Trinajstić information content (AvgIpc) is 3.94. The van der Waals surface area contributed by atoms with E-state index in [9.17, 15) is 36.5 Å². The van der Waals surface area contributed by atoms with Gasteiger partial charge in [-0.25, -0.2) is 19.9 Å². The lowest BCUT2D eigenvalue weighted by molar-refractivity contribution is -0.383. The molecule has 12 nitrogen and oxygen atoms in total. The predicted octanol–water partition coefficient (Wildman–Crippen LogP) is 8.98. The molecule has 0 radical (unpaired) electrons. The van der Waals surface area contributed by atoms with Crippen LogP contribution in [-0.4, -0.2) is 44.0 Å². The van der Waals surface area contributed by atoms with Crippen molar-refractivity contribution < 1.29 is 31.3 Å². The molecular formula is C36H26F6N10O2. The van der Waals surface area contributed by atoms with Gasteiger partial charge >= 0.3 is 12.4 Å². The first kappa shape index (κ1) is 35.4. The molecule has 0 aliphatic rings. The number of nitrogen functional groups attached to an aromatic ring is 1. The average molecular weight is 745 g/mol. The Labute approximate surface area is 300 Å². The largest absolute Gasteiger partial charge is 0.416 e. The van der Waals surface area contributed by atoms with Gasteiger partial charge in [0.25, 0.3) is 5.69 Å². The van der Waals surface area contributed by atoms with Crippen molar-refractivity contribution in [2.45, 2.75) is 26.2 Å². The van der Waals surface area contributed by atoms with Crippen molar-refractivity contribution in [1.29, 1.82) is 0 Å². The fourth-order valence-corrected chi connectivity index (χ4v) is 5.74. The van der Waals surface area contributed by atoms with Crippen LogP contribution in [0, 0.1) is 24.0 Å². The minimum Gasteiger partial charge on any atom is -0.397 e. The van der Waals surface area contributed by atoms with Gasteiger partial charge in [0.15, 0.2) is 5.52 Å². The quantitative estimate of drug-likeness (QED) is 0.0686. The van der Waals surface area contributed by atoms with Crippen molar-refractivity contribution >= 4 is 33.4 Å². The Bertz CT molecular complexity index is 2690. The van der Waals surface area contributed by atoms with E-state index < -0.39 is 28.4 Å². The number of nitrogens with two attached hydrogens (primary N) is 1. The second-order valence-electron chi connectivity index (χ2n) is 12.2. The Balaban J connectivity index is 0.000000167. The van der Waals surface area contributed by atoms with E-state index in [4.69, 9.17) is 5.73 Å². The number of imidazole rings is 4. The van der Waals surface area contributed by atoms with Crippen LogP contribution in [-0.2, 0) is 12.4 Å². The summed E-state index contributed by atoms with van der Waals surface area (Å²) in [6, 6.07) is 16.8. The molecule has 0 saturated carbocycles. The molecule has 54 heavy (non-hydrogen) atoms. The number of benzene rings is 4. The molecule has 18 heteroatoms. The van der Waals surface area contributed by atoms with Crippen molar-refractivity contribution in [2.75, 3.05) is 5.73 Å². The van der Waals surface area contributed by atoms with Crippen molar-refractivity contribution in [3.05, 3.63) is 130 Å². The van der Waals surface area contributed by atoms with Gasteiger partial charge in [-0.15, -0.1) is 0 Å². The molecule has 4 aromatic carbocycles. The maximum Gasteiger partial charge on any atom is 0.416 e. The highest BCUT2D eigenvalue weighted by Crippen LogP contribution is 2.36. The number of nitro benzene ring substituents is 1. The second-order valence-corrected chi connectivity index (χ2v) is 12.2. The van der Waals surface area contributed by atoms with E-state index in [1.54, 1.807) is 61.1 Å². The number of nitrogens with one attached hydrogen (secondary N) is 2. The molecule has 0 saturated heterocycles. The molecule has 0 aliphatic heterocycles. The van der Waals surface area contributed by atoms with Crippen LogP contribution in [0.15, 0.2) is 97.8 Å². The number of H-pyrrole nitrogens is 2. The first-order chi connectivity index (χ1) is 25.5. The lowest BCUT2D eigenvalue weighted by atomic mass is 10.1. The van der Waals surface area contributed by atoms with Crippen LogP contribution in [0.5, 0.6) is 0 Å². The third-order valence-corrected chi connectivity index (χ3v) is 8.29. The second kappa shape index (κ2) is 13.2. The molecule has 0 atom stereocenters. The van der Waals surface area contributed by atoms with E-state index in [0.29, 0.717) is 50.7 Å². The number of halogens is 6. The van der Waals surface area contributed by atoms with E-state index in [0.717, 1.165) is 24.3 Å². The molecule has 8 aromatic rings. The van der Waals surface area contributed by atoms with E-state index in [1.807, 2.05) is 0 Å². The molecule has 0 unspecified atom stereocenters. The van der Waals surface area contributed by atoms with E-state index in [-0.39, 0.29) is 28.3 Å². The van der Waals surface area contributed by atoms with Gasteiger partial charge in [0, 0.05) is 41.0 Å². The Hall–Kier alpha value is -6.98. The van der Waals surface area contributed by atoms with Crippen molar-refractivity contribution in [3.63, 3.8) is 0 Å². The molecule has 0 aliphatic carbocycles. The molecule has 0 amide bonds. The van der Waals surface area contributed by atoms with Crippen molar-refractivity contribution in [3.8, 4) is 34.2 Å². The first-order valence-corrected chi connectivity index (χ1v) is 15.9.